The van der Waals surface area contributed by atoms with Gasteiger partial charge in [-0.3, -0.25) is 0 Å². The summed E-state index contributed by atoms with van der Waals surface area (Å²) in [4.78, 5) is 20.1. The Balaban J connectivity index is 1.79. The maximum absolute atomic E-state index is 10.8. The molecule has 0 fully saturated rings. The van der Waals surface area contributed by atoms with Gasteiger partial charge in [-0.2, -0.15) is 0 Å². The number of pyridine rings is 1. The second-order valence-electron chi connectivity index (χ2n) is 7.03. The number of nitrogens with zero attached hydrogens (tertiary/aromatic N) is 3. The molecular weight excluding hydrogens is 462 g/mol. The van der Waals surface area contributed by atoms with Crippen molar-refractivity contribution >= 4 is 49.8 Å². The fraction of sp³-hybridized carbons (Fsp3) is 0.227. The number of primary amides is 1. The lowest BCUT2D eigenvalue weighted by Gasteiger charge is -2.12. The van der Waals surface area contributed by atoms with E-state index in [0.717, 1.165) is 37.8 Å². The standard InChI is InChI=1S/C22H22BrN5O3/c1-2-30-12-18-27-19-20(16-8-7-15(23)9-17(16)26-21(19)24)28(18)10-13-3-5-14(6-4-13)11-31-22(25)29/h3-9H,2,10-12H2,1H3,(H2,24,26)(H2,25,29). The van der Waals surface area contributed by atoms with E-state index in [1.54, 1.807) is 0 Å². The van der Waals surface area contributed by atoms with Gasteiger partial charge in [0.15, 0.2) is 5.82 Å². The Hall–Kier alpha value is -3.17. The highest BCUT2D eigenvalue weighted by Gasteiger charge is 2.18. The summed E-state index contributed by atoms with van der Waals surface area (Å²) in [6, 6.07) is 13.7. The van der Waals surface area contributed by atoms with Crippen LogP contribution >= 0.6 is 15.9 Å². The van der Waals surface area contributed by atoms with E-state index in [2.05, 4.69) is 25.5 Å². The summed E-state index contributed by atoms with van der Waals surface area (Å²) < 4.78 is 13.6. The second-order valence-corrected chi connectivity index (χ2v) is 7.95. The lowest BCUT2D eigenvalue weighted by atomic mass is 10.1. The number of imidazole rings is 1. The Labute approximate surface area is 187 Å². The number of benzene rings is 2. The van der Waals surface area contributed by atoms with E-state index in [1.807, 2.05) is 49.4 Å². The molecule has 0 saturated heterocycles. The van der Waals surface area contributed by atoms with Crippen molar-refractivity contribution in [3.63, 3.8) is 0 Å². The molecule has 0 radical (unpaired) electrons. The number of amides is 1. The van der Waals surface area contributed by atoms with Gasteiger partial charge in [0.1, 0.15) is 24.6 Å². The van der Waals surface area contributed by atoms with Crippen LogP contribution in [-0.4, -0.2) is 27.2 Å². The summed E-state index contributed by atoms with van der Waals surface area (Å²) in [5, 5.41) is 0.967. The third kappa shape index (κ3) is 4.47. The van der Waals surface area contributed by atoms with Crippen LogP contribution in [0.5, 0.6) is 0 Å². The molecule has 0 unspecified atom stereocenters. The van der Waals surface area contributed by atoms with Gasteiger partial charge in [0.2, 0.25) is 0 Å². The topological polar surface area (TPSA) is 118 Å². The first-order valence-corrected chi connectivity index (χ1v) is 10.6. The Morgan fingerprint density at radius 2 is 1.84 bits per heavy atom. The summed E-state index contributed by atoms with van der Waals surface area (Å²) in [6.45, 7) is 3.61. The molecule has 0 aliphatic heterocycles. The minimum Gasteiger partial charge on any atom is -0.445 e. The van der Waals surface area contributed by atoms with E-state index in [1.165, 1.54) is 0 Å². The van der Waals surface area contributed by atoms with Gasteiger partial charge in [-0.05, 0) is 36.2 Å². The Kier molecular flexibility index (Phi) is 6.06. The van der Waals surface area contributed by atoms with Crippen LogP contribution in [0.2, 0.25) is 0 Å². The predicted molar refractivity (Wildman–Crippen MR) is 122 cm³/mol. The number of fused-ring (bicyclic) bond motifs is 3. The summed E-state index contributed by atoms with van der Waals surface area (Å²) in [7, 11) is 0. The Morgan fingerprint density at radius 3 is 2.55 bits per heavy atom. The highest BCUT2D eigenvalue weighted by molar-refractivity contribution is 9.10. The molecule has 0 aliphatic rings. The van der Waals surface area contributed by atoms with E-state index in [-0.39, 0.29) is 6.61 Å². The number of anilines is 1. The van der Waals surface area contributed by atoms with Crippen molar-refractivity contribution in [2.24, 2.45) is 5.73 Å². The van der Waals surface area contributed by atoms with Crippen molar-refractivity contribution in [2.75, 3.05) is 12.3 Å². The molecular formula is C22H22BrN5O3. The van der Waals surface area contributed by atoms with Gasteiger partial charge < -0.3 is 25.5 Å². The minimum atomic E-state index is -0.792. The maximum atomic E-state index is 10.8. The third-order valence-corrected chi connectivity index (χ3v) is 5.42. The number of hydrogen-bond donors (Lipinski definition) is 2. The number of carbonyl (C=O) groups excluding carboxylic acids is 1. The summed E-state index contributed by atoms with van der Waals surface area (Å²) >= 11 is 3.50. The normalized spacial score (nSPS) is 11.3. The zero-order chi connectivity index (χ0) is 22.0. The molecule has 4 aromatic rings. The lowest BCUT2D eigenvalue weighted by Crippen LogP contribution is -2.12. The van der Waals surface area contributed by atoms with E-state index < -0.39 is 6.09 Å². The third-order valence-electron chi connectivity index (χ3n) is 4.93. The van der Waals surface area contributed by atoms with Crippen LogP contribution < -0.4 is 11.5 Å². The highest BCUT2D eigenvalue weighted by atomic mass is 79.9. The molecule has 0 spiro atoms. The summed E-state index contributed by atoms with van der Waals surface area (Å²) in [5.74, 6) is 1.16. The van der Waals surface area contributed by atoms with Gasteiger partial charge in [-0.15, -0.1) is 0 Å². The Morgan fingerprint density at radius 1 is 1.10 bits per heavy atom. The number of ether oxygens (including phenoxy) is 2. The van der Waals surface area contributed by atoms with Gasteiger partial charge in [0.05, 0.1) is 11.0 Å². The molecule has 2 aromatic heterocycles. The summed E-state index contributed by atoms with van der Waals surface area (Å²) in [5.41, 5.74) is 15.6. The fourth-order valence-corrected chi connectivity index (χ4v) is 3.83. The van der Waals surface area contributed by atoms with Crippen LogP contribution in [0.4, 0.5) is 10.6 Å². The number of halogens is 1. The lowest BCUT2D eigenvalue weighted by molar-refractivity contribution is 0.126. The number of aromatic nitrogens is 3. The predicted octanol–water partition coefficient (Wildman–Crippen LogP) is 4.11. The first-order valence-electron chi connectivity index (χ1n) is 9.78. The van der Waals surface area contributed by atoms with Crippen LogP contribution in [-0.2, 0) is 29.2 Å². The number of nitrogen functional groups attached to an aromatic ring is 1. The summed E-state index contributed by atoms with van der Waals surface area (Å²) in [6.07, 6.45) is -0.792. The molecule has 2 aromatic carbocycles. The molecule has 4 rings (SSSR count). The van der Waals surface area contributed by atoms with Crippen molar-refractivity contribution in [3.05, 3.63) is 63.9 Å². The quantitative estimate of drug-likeness (QED) is 0.408. The number of hydrogen-bond acceptors (Lipinski definition) is 6. The minimum absolute atomic E-state index is 0.140. The van der Waals surface area contributed by atoms with E-state index in [4.69, 9.17) is 25.9 Å². The van der Waals surface area contributed by atoms with Gasteiger partial charge in [-0.1, -0.05) is 40.2 Å². The molecule has 8 nitrogen and oxygen atoms in total. The number of carbonyl (C=O) groups is 1. The molecule has 1 amide bonds. The molecule has 160 valence electrons. The van der Waals surface area contributed by atoms with Crippen LogP contribution in [0.1, 0.15) is 23.9 Å². The average molecular weight is 484 g/mol. The zero-order valence-electron chi connectivity index (χ0n) is 17.0. The number of nitrogens with two attached hydrogens (primary N) is 2. The van der Waals surface area contributed by atoms with Gasteiger partial charge >= 0.3 is 6.09 Å². The van der Waals surface area contributed by atoms with Gasteiger partial charge in [0, 0.05) is 23.0 Å². The molecule has 2 heterocycles. The van der Waals surface area contributed by atoms with Crippen LogP contribution in [0.25, 0.3) is 21.9 Å². The molecule has 4 N–H and O–H groups in total. The van der Waals surface area contributed by atoms with Crippen molar-refractivity contribution in [3.8, 4) is 0 Å². The molecule has 0 saturated carbocycles. The van der Waals surface area contributed by atoms with Crippen LogP contribution in [0.3, 0.4) is 0 Å². The largest absolute Gasteiger partial charge is 0.445 e. The van der Waals surface area contributed by atoms with E-state index in [9.17, 15) is 4.79 Å². The molecule has 9 heteroatoms. The van der Waals surface area contributed by atoms with Crippen LogP contribution in [0.15, 0.2) is 46.9 Å². The van der Waals surface area contributed by atoms with E-state index >= 15 is 0 Å². The highest BCUT2D eigenvalue weighted by Crippen LogP contribution is 2.31. The van der Waals surface area contributed by atoms with Gasteiger partial charge in [0.25, 0.3) is 0 Å². The molecule has 31 heavy (non-hydrogen) atoms. The smallest absolute Gasteiger partial charge is 0.404 e. The Bertz CT molecular complexity index is 1250. The van der Waals surface area contributed by atoms with Crippen molar-refractivity contribution < 1.29 is 14.3 Å². The fourth-order valence-electron chi connectivity index (χ4n) is 3.48. The van der Waals surface area contributed by atoms with Crippen molar-refractivity contribution in [1.29, 1.82) is 0 Å². The molecule has 0 bridgehead atoms. The van der Waals surface area contributed by atoms with E-state index in [0.29, 0.717) is 31.1 Å². The zero-order valence-corrected chi connectivity index (χ0v) is 18.6. The molecule has 0 atom stereocenters. The van der Waals surface area contributed by atoms with Crippen molar-refractivity contribution in [1.82, 2.24) is 14.5 Å². The first-order chi connectivity index (χ1) is 15.0. The maximum Gasteiger partial charge on any atom is 0.404 e. The molecule has 0 aliphatic carbocycles. The SMILES string of the molecule is CCOCc1nc2c(N)nc3cc(Br)ccc3c2n1Cc1ccc(COC(N)=O)cc1. The first kappa shape index (κ1) is 21.1. The van der Waals surface area contributed by atoms with Gasteiger partial charge in [-0.25, -0.2) is 14.8 Å². The van der Waals surface area contributed by atoms with Crippen molar-refractivity contribution in [2.45, 2.75) is 26.7 Å². The average Bonchev–Trinajstić information content (AvgIpc) is 3.10. The second kappa shape index (κ2) is 8.91. The monoisotopic (exact) mass is 483 g/mol. The van der Waals surface area contributed by atoms with Crippen LogP contribution in [0, 0.1) is 0 Å². The number of rotatable bonds is 7.